The number of carbonyl (C=O) groups excluding carboxylic acids is 2. The monoisotopic (exact) mass is 417 g/mol. The van der Waals surface area contributed by atoms with E-state index in [1.165, 1.54) is 13.0 Å². The summed E-state index contributed by atoms with van der Waals surface area (Å²) in [7, 11) is 1.60. The van der Waals surface area contributed by atoms with Gasteiger partial charge in [0, 0.05) is 17.1 Å². The number of hydrogen-bond donors (Lipinski definition) is 1. The fourth-order valence-electron chi connectivity index (χ4n) is 2.12. The molecule has 0 bridgehead atoms. The van der Waals surface area contributed by atoms with Gasteiger partial charge in [-0.3, -0.25) is 4.79 Å². The van der Waals surface area contributed by atoms with Crippen LogP contribution in [0.5, 0.6) is 5.75 Å². The average molecular weight is 418 g/mol. The number of amides is 1. The number of benzene rings is 2. The normalized spacial score (nSPS) is 11.8. The maximum atomic E-state index is 12.1. The van der Waals surface area contributed by atoms with Gasteiger partial charge in [-0.25, -0.2) is 4.79 Å². The maximum absolute atomic E-state index is 12.1. The molecule has 0 heterocycles. The highest BCUT2D eigenvalue weighted by Gasteiger charge is 2.16. The van der Waals surface area contributed by atoms with Crippen LogP contribution in [0.25, 0.3) is 6.08 Å². The number of esters is 1. The van der Waals surface area contributed by atoms with Crippen LogP contribution in [0.1, 0.15) is 18.1 Å². The Hall–Kier alpha value is -2.60. The molecule has 0 aliphatic carbocycles. The minimum Gasteiger partial charge on any atom is -0.497 e. The Kier molecular flexibility index (Phi) is 7.41. The molecule has 0 aliphatic rings. The number of carbonyl (C=O) groups is 2. The van der Waals surface area contributed by atoms with Gasteiger partial charge in [0.2, 0.25) is 0 Å². The van der Waals surface area contributed by atoms with E-state index >= 15 is 0 Å². The lowest BCUT2D eigenvalue weighted by Gasteiger charge is -2.12. The van der Waals surface area contributed by atoms with Crippen LogP contribution >= 0.6 is 15.9 Å². The van der Waals surface area contributed by atoms with Crippen molar-refractivity contribution in [3.05, 3.63) is 70.2 Å². The second kappa shape index (κ2) is 9.77. The summed E-state index contributed by atoms with van der Waals surface area (Å²) in [5, 5.41) is 2.74. The van der Waals surface area contributed by atoms with Crippen molar-refractivity contribution in [2.24, 2.45) is 0 Å². The zero-order valence-corrected chi connectivity index (χ0v) is 16.2. The lowest BCUT2D eigenvalue weighted by atomic mass is 10.2. The molecule has 0 spiro atoms. The fourth-order valence-corrected chi connectivity index (χ4v) is 2.53. The third-order valence-corrected chi connectivity index (χ3v) is 4.04. The molecule has 0 saturated carbocycles. The molecule has 0 fully saturated rings. The number of nitrogens with one attached hydrogen (secondary N) is 1. The van der Waals surface area contributed by atoms with Gasteiger partial charge in [0.15, 0.2) is 6.10 Å². The highest BCUT2D eigenvalue weighted by molar-refractivity contribution is 9.10. The minimum absolute atomic E-state index is 0.346. The predicted octanol–water partition coefficient (Wildman–Crippen LogP) is 3.72. The average Bonchev–Trinajstić information content (AvgIpc) is 2.65. The molecule has 0 radical (unpaired) electrons. The number of halogens is 1. The summed E-state index contributed by atoms with van der Waals surface area (Å²) in [6.07, 6.45) is 2.05. The highest BCUT2D eigenvalue weighted by Crippen LogP contribution is 2.13. The van der Waals surface area contributed by atoms with E-state index in [-0.39, 0.29) is 5.91 Å². The van der Waals surface area contributed by atoms with Gasteiger partial charge in [0.1, 0.15) is 5.75 Å². The van der Waals surface area contributed by atoms with Crippen LogP contribution in [0.4, 0.5) is 0 Å². The predicted molar refractivity (Wildman–Crippen MR) is 104 cm³/mol. The molecular weight excluding hydrogens is 398 g/mol. The van der Waals surface area contributed by atoms with E-state index in [0.717, 1.165) is 21.3 Å². The summed E-state index contributed by atoms with van der Waals surface area (Å²) in [6, 6.07) is 14.8. The van der Waals surface area contributed by atoms with Crippen molar-refractivity contribution in [2.45, 2.75) is 19.6 Å². The SMILES string of the molecule is COc1ccc(CNC(=O)[C@@H](C)OC(=O)/C=C/c2cccc(Br)c2)cc1. The molecule has 0 unspecified atom stereocenters. The molecule has 0 aromatic heterocycles. The molecule has 6 heteroatoms. The summed E-state index contributed by atoms with van der Waals surface area (Å²) in [4.78, 5) is 23.9. The summed E-state index contributed by atoms with van der Waals surface area (Å²) in [6.45, 7) is 1.88. The van der Waals surface area contributed by atoms with Crippen LogP contribution in [0.15, 0.2) is 59.1 Å². The van der Waals surface area contributed by atoms with Gasteiger partial charge >= 0.3 is 5.97 Å². The molecular formula is C20H20BrNO4. The Labute approximate surface area is 161 Å². The quantitative estimate of drug-likeness (QED) is 0.550. The Morgan fingerprint density at radius 2 is 1.92 bits per heavy atom. The third kappa shape index (κ3) is 6.37. The Bertz CT molecular complexity index is 787. The van der Waals surface area contributed by atoms with Crippen molar-refractivity contribution in [3.8, 4) is 5.75 Å². The zero-order valence-electron chi connectivity index (χ0n) is 14.6. The smallest absolute Gasteiger partial charge is 0.331 e. The van der Waals surface area contributed by atoms with E-state index in [4.69, 9.17) is 9.47 Å². The molecule has 2 aromatic rings. The van der Waals surface area contributed by atoms with Crippen LogP contribution in [-0.2, 0) is 20.9 Å². The lowest BCUT2D eigenvalue weighted by molar-refractivity contribution is -0.150. The summed E-state index contributed by atoms with van der Waals surface area (Å²) < 4.78 is 11.1. The van der Waals surface area contributed by atoms with Gasteiger partial charge in [-0.1, -0.05) is 40.2 Å². The van der Waals surface area contributed by atoms with Crippen LogP contribution in [0.3, 0.4) is 0 Å². The van der Waals surface area contributed by atoms with Gasteiger partial charge in [-0.05, 0) is 48.4 Å². The summed E-state index contributed by atoms with van der Waals surface area (Å²) in [5.74, 6) is -0.179. The Morgan fingerprint density at radius 3 is 2.58 bits per heavy atom. The van der Waals surface area contributed by atoms with Crippen molar-refractivity contribution in [1.29, 1.82) is 0 Å². The van der Waals surface area contributed by atoms with Gasteiger partial charge in [-0.2, -0.15) is 0 Å². The maximum Gasteiger partial charge on any atom is 0.331 e. The molecule has 5 nitrogen and oxygen atoms in total. The van der Waals surface area contributed by atoms with E-state index in [9.17, 15) is 9.59 Å². The van der Waals surface area contributed by atoms with E-state index < -0.39 is 12.1 Å². The molecule has 2 aromatic carbocycles. The summed E-state index contributed by atoms with van der Waals surface area (Å²) >= 11 is 3.36. The molecule has 0 saturated heterocycles. The first-order valence-electron chi connectivity index (χ1n) is 8.03. The molecule has 1 N–H and O–H groups in total. The lowest BCUT2D eigenvalue weighted by Crippen LogP contribution is -2.35. The number of hydrogen-bond acceptors (Lipinski definition) is 4. The highest BCUT2D eigenvalue weighted by atomic mass is 79.9. The van der Waals surface area contributed by atoms with E-state index in [2.05, 4.69) is 21.2 Å². The second-order valence-corrected chi connectivity index (χ2v) is 6.45. The van der Waals surface area contributed by atoms with Gasteiger partial charge in [0.25, 0.3) is 5.91 Å². The Morgan fingerprint density at radius 1 is 1.19 bits per heavy atom. The first-order chi connectivity index (χ1) is 12.5. The standard InChI is InChI=1S/C20H20BrNO4/c1-14(20(24)22-13-16-6-9-18(25-2)10-7-16)26-19(23)11-8-15-4-3-5-17(21)12-15/h3-12,14H,13H2,1-2H3,(H,22,24)/b11-8+/t14-/m1/s1. The zero-order chi connectivity index (χ0) is 18.9. The van der Waals surface area contributed by atoms with E-state index in [0.29, 0.717) is 6.54 Å². The molecule has 26 heavy (non-hydrogen) atoms. The van der Waals surface area contributed by atoms with Crippen LogP contribution in [0.2, 0.25) is 0 Å². The van der Waals surface area contributed by atoms with Crippen molar-refractivity contribution in [2.75, 3.05) is 7.11 Å². The van der Waals surface area contributed by atoms with Crippen LogP contribution in [0, 0.1) is 0 Å². The van der Waals surface area contributed by atoms with Crippen molar-refractivity contribution < 1.29 is 19.1 Å². The Balaban J connectivity index is 1.80. The molecule has 1 atom stereocenters. The largest absolute Gasteiger partial charge is 0.497 e. The van der Waals surface area contributed by atoms with E-state index in [1.54, 1.807) is 13.2 Å². The molecule has 1 amide bonds. The molecule has 136 valence electrons. The van der Waals surface area contributed by atoms with Gasteiger partial charge in [-0.15, -0.1) is 0 Å². The third-order valence-electron chi connectivity index (χ3n) is 3.55. The minimum atomic E-state index is -0.882. The summed E-state index contributed by atoms with van der Waals surface area (Å²) in [5.41, 5.74) is 1.78. The first-order valence-corrected chi connectivity index (χ1v) is 8.82. The van der Waals surface area contributed by atoms with Crippen LogP contribution in [-0.4, -0.2) is 25.1 Å². The van der Waals surface area contributed by atoms with Gasteiger partial charge in [0.05, 0.1) is 7.11 Å². The van der Waals surface area contributed by atoms with Crippen molar-refractivity contribution in [1.82, 2.24) is 5.32 Å². The topological polar surface area (TPSA) is 64.6 Å². The number of ether oxygens (including phenoxy) is 2. The van der Waals surface area contributed by atoms with Crippen LogP contribution < -0.4 is 10.1 Å². The second-order valence-electron chi connectivity index (χ2n) is 5.53. The van der Waals surface area contributed by atoms with Gasteiger partial charge < -0.3 is 14.8 Å². The van der Waals surface area contributed by atoms with E-state index in [1.807, 2.05) is 48.5 Å². The van der Waals surface area contributed by atoms with Crippen molar-refractivity contribution in [3.63, 3.8) is 0 Å². The molecule has 0 aliphatic heterocycles. The molecule has 2 rings (SSSR count). The fraction of sp³-hybridized carbons (Fsp3) is 0.200. The first kappa shape index (κ1) is 19.7. The number of rotatable bonds is 7. The van der Waals surface area contributed by atoms with Crippen molar-refractivity contribution >= 4 is 33.9 Å². The number of methoxy groups -OCH3 is 1.